The van der Waals surface area contributed by atoms with Crippen LogP contribution in [0.5, 0.6) is 11.5 Å². The number of Topliss-reactive ketones (excluding diaryl/α,β-unsaturated/α-hetero) is 1. The molecule has 1 unspecified atom stereocenters. The van der Waals surface area contributed by atoms with Crippen LogP contribution in [0.1, 0.15) is 22.7 Å². The summed E-state index contributed by atoms with van der Waals surface area (Å²) in [5, 5.41) is 22.4. The van der Waals surface area contributed by atoms with Crippen LogP contribution in [-0.2, 0) is 16.0 Å². The normalized spacial score (nSPS) is 18.3. The molecule has 0 saturated carbocycles. The molecule has 5 rings (SSSR count). The summed E-state index contributed by atoms with van der Waals surface area (Å²) in [6, 6.07) is 19.0. The highest BCUT2D eigenvalue weighted by molar-refractivity contribution is 6.46. The molecular formula is C27H22N2O7. The molecule has 1 amide bonds. The van der Waals surface area contributed by atoms with E-state index in [2.05, 4.69) is 0 Å². The third kappa shape index (κ3) is 4.26. The van der Waals surface area contributed by atoms with Crippen LogP contribution in [0.25, 0.3) is 5.76 Å². The second-order valence-corrected chi connectivity index (χ2v) is 8.44. The van der Waals surface area contributed by atoms with E-state index in [1.165, 1.54) is 29.2 Å². The summed E-state index contributed by atoms with van der Waals surface area (Å²) in [7, 11) is 0. The Morgan fingerprint density at radius 1 is 0.972 bits per heavy atom. The topological polar surface area (TPSA) is 119 Å². The van der Waals surface area contributed by atoms with E-state index in [0.717, 1.165) is 5.56 Å². The minimum atomic E-state index is -0.914. The number of rotatable bonds is 6. The van der Waals surface area contributed by atoms with E-state index in [1.54, 1.807) is 18.2 Å². The number of ether oxygens (including phenoxy) is 2. The predicted molar refractivity (Wildman–Crippen MR) is 130 cm³/mol. The Hall–Kier alpha value is -4.66. The highest BCUT2D eigenvalue weighted by atomic mass is 16.6. The number of likely N-dealkylation sites (tertiary alicyclic amines) is 1. The molecule has 0 radical (unpaired) electrons. The molecule has 2 aliphatic rings. The van der Waals surface area contributed by atoms with Gasteiger partial charge in [-0.05, 0) is 47.9 Å². The Bertz CT molecular complexity index is 1370. The van der Waals surface area contributed by atoms with Crippen LogP contribution in [0, 0.1) is 10.1 Å². The first-order chi connectivity index (χ1) is 17.4. The monoisotopic (exact) mass is 486 g/mol. The van der Waals surface area contributed by atoms with Gasteiger partial charge >= 0.3 is 0 Å². The lowest BCUT2D eigenvalue weighted by Crippen LogP contribution is -2.31. The fourth-order valence-electron chi connectivity index (χ4n) is 4.48. The van der Waals surface area contributed by atoms with Gasteiger partial charge in [0, 0.05) is 24.2 Å². The largest absolute Gasteiger partial charge is 0.507 e. The van der Waals surface area contributed by atoms with Gasteiger partial charge < -0.3 is 19.5 Å². The average molecular weight is 486 g/mol. The molecule has 3 aromatic rings. The number of fused-ring (bicyclic) bond motifs is 1. The lowest BCUT2D eigenvalue weighted by Gasteiger charge is -2.25. The minimum absolute atomic E-state index is 0.0846. The van der Waals surface area contributed by atoms with Crippen LogP contribution in [-0.4, -0.2) is 46.4 Å². The molecule has 0 aromatic heterocycles. The van der Waals surface area contributed by atoms with E-state index in [4.69, 9.17) is 9.47 Å². The van der Waals surface area contributed by atoms with Crippen molar-refractivity contribution in [3.05, 3.63) is 105 Å². The first-order valence-corrected chi connectivity index (χ1v) is 11.4. The van der Waals surface area contributed by atoms with Gasteiger partial charge in [-0.3, -0.25) is 19.7 Å². The highest BCUT2D eigenvalue weighted by Gasteiger charge is 2.46. The molecule has 9 heteroatoms. The molecule has 3 aromatic carbocycles. The number of carbonyl (C=O) groups is 2. The molecule has 1 atom stereocenters. The van der Waals surface area contributed by atoms with Crippen molar-refractivity contribution in [2.45, 2.75) is 12.5 Å². The Morgan fingerprint density at radius 3 is 2.36 bits per heavy atom. The number of non-ortho nitro benzene ring substituents is 1. The Kier molecular flexibility index (Phi) is 6.12. The number of hydrogen-bond acceptors (Lipinski definition) is 7. The number of aliphatic hydroxyl groups is 1. The number of aliphatic hydroxyl groups excluding tert-OH is 1. The van der Waals surface area contributed by atoms with Crippen molar-refractivity contribution in [1.82, 2.24) is 4.90 Å². The van der Waals surface area contributed by atoms with Gasteiger partial charge in [0.05, 0.1) is 16.5 Å². The molecule has 182 valence electrons. The number of carbonyl (C=O) groups excluding carboxylic acids is 2. The van der Waals surface area contributed by atoms with E-state index in [0.29, 0.717) is 42.3 Å². The SMILES string of the molecule is O=C1C(=O)N(CCc2ccccc2)C(c2ccc([N+](=O)[O-])cc2)C1=C(O)c1ccc2c(c1)OCCO2. The van der Waals surface area contributed by atoms with Gasteiger partial charge in [0.1, 0.15) is 19.0 Å². The van der Waals surface area contributed by atoms with Crippen molar-refractivity contribution in [3.8, 4) is 11.5 Å². The smallest absolute Gasteiger partial charge is 0.295 e. The number of hydrogen-bond donors (Lipinski definition) is 1. The van der Waals surface area contributed by atoms with Gasteiger partial charge in [0.25, 0.3) is 17.4 Å². The number of benzene rings is 3. The third-order valence-electron chi connectivity index (χ3n) is 6.26. The fourth-order valence-corrected chi connectivity index (χ4v) is 4.48. The second kappa shape index (κ2) is 9.53. The maximum Gasteiger partial charge on any atom is 0.295 e. The summed E-state index contributed by atoms with van der Waals surface area (Å²) >= 11 is 0. The molecule has 0 bridgehead atoms. The van der Waals surface area contributed by atoms with Gasteiger partial charge in [0.15, 0.2) is 11.5 Å². The summed E-state index contributed by atoms with van der Waals surface area (Å²) in [4.78, 5) is 38.4. The molecule has 0 aliphatic carbocycles. The predicted octanol–water partition coefficient (Wildman–Crippen LogP) is 4.03. The van der Waals surface area contributed by atoms with E-state index in [-0.39, 0.29) is 23.6 Å². The summed E-state index contributed by atoms with van der Waals surface area (Å²) in [5.74, 6) is -0.966. The standard InChI is InChI=1S/C27H22N2O7/c30-25(19-8-11-21-22(16-19)36-15-14-35-21)23-24(18-6-9-20(10-7-18)29(33)34)28(27(32)26(23)31)13-12-17-4-2-1-3-5-17/h1-11,16,24,30H,12-15H2. The van der Waals surface area contributed by atoms with Crippen LogP contribution in [0.4, 0.5) is 5.69 Å². The van der Waals surface area contributed by atoms with Gasteiger partial charge in [-0.15, -0.1) is 0 Å². The van der Waals surface area contributed by atoms with Gasteiger partial charge in [-0.1, -0.05) is 30.3 Å². The van der Waals surface area contributed by atoms with Crippen LogP contribution in [0.2, 0.25) is 0 Å². The lowest BCUT2D eigenvalue weighted by molar-refractivity contribution is -0.384. The number of nitro benzene ring substituents is 1. The molecule has 9 nitrogen and oxygen atoms in total. The third-order valence-corrected chi connectivity index (χ3v) is 6.26. The van der Waals surface area contributed by atoms with Crippen molar-refractivity contribution in [3.63, 3.8) is 0 Å². The molecule has 2 aliphatic heterocycles. The summed E-state index contributed by atoms with van der Waals surface area (Å²) in [6.07, 6.45) is 0.488. The summed E-state index contributed by atoms with van der Waals surface area (Å²) < 4.78 is 11.1. The molecule has 1 saturated heterocycles. The zero-order valence-electron chi connectivity index (χ0n) is 19.1. The number of ketones is 1. The van der Waals surface area contributed by atoms with E-state index >= 15 is 0 Å². The molecular weight excluding hydrogens is 464 g/mol. The second-order valence-electron chi connectivity index (χ2n) is 8.44. The molecule has 2 heterocycles. The maximum atomic E-state index is 13.2. The van der Waals surface area contributed by atoms with E-state index in [9.17, 15) is 24.8 Å². The Balaban J connectivity index is 1.58. The molecule has 1 N–H and O–H groups in total. The molecule has 1 fully saturated rings. The van der Waals surface area contributed by atoms with Gasteiger partial charge in [-0.25, -0.2) is 0 Å². The number of amides is 1. The van der Waals surface area contributed by atoms with Crippen molar-refractivity contribution < 1.29 is 29.1 Å². The van der Waals surface area contributed by atoms with Gasteiger partial charge in [-0.2, -0.15) is 0 Å². The summed E-state index contributed by atoms with van der Waals surface area (Å²) in [5.41, 5.74) is 1.55. The van der Waals surface area contributed by atoms with Crippen LogP contribution in [0.15, 0.2) is 78.4 Å². The van der Waals surface area contributed by atoms with Gasteiger partial charge in [0.2, 0.25) is 0 Å². The first kappa shape index (κ1) is 23.1. The minimum Gasteiger partial charge on any atom is -0.507 e. The van der Waals surface area contributed by atoms with Crippen molar-refractivity contribution >= 4 is 23.1 Å². The Morgan fingerprint density at radius 2 is 1.67 bits per heavy atom. The quantitative estimate of drug-likeness (QED) is 0.184. The lowest BCUT2D eigenvalue weighted by atomic mass is 9.95. The van der Waals surface area contributed by atoms with Crippen molar-refractivity contribution in [2.75, 3.05) is 19.8 Å². The zero-order valence-corrected chi connectivity index (χ0v) is 19.1. The maximum absolute atomic E-state index is 13.2. The number of nitro groups is 1. The number of nitrogens with zero attached hydrogens (tertiary/aromatic N) is 2. The van der Waals surface area contributed by atoms with E-state index in [1.807, 2.05) is 30.3 Å². The fraction of sp³-hybridized carbons (Fsp3) is 0.185. The van der Waals surface area contributed by atoms with Crippen LogP contribution >= 0.6 is 0 Å². The molecule has 36 heavy (non-hydrogen) atoms. The average Bonchev–Trinajstić information content (AvgIpc) is 3.16. The van der Waals surface area contributed by atoms with E-state index < -0.39 is 22.7 Å². The van der Waals surface area contributed by atoms with Crippen LogP contribution in [0.3, 0.4) is 0 Å². The summed E-state index contributed by atoms with van der Waals surface area (Å²) in [6.45, 7) is 0.975. The van der Waals surface area contributed by atoms with Crippen molar-refractivity contribution in [2.24, 2.45) is 0 Å². The zero-order chi connectivity index (χ0) is 25.2. The Labute approximate surface area is 206 Å². The molecule has 0 spiro atoms. The van der Waals surface area contributed by atoms with Crippen LogP contribution < -0.4 is 9.47 Å². The highest BCUT2D eigenvalue weighted by Crippen LogP contribution is 2.41. The van der Waals surface area contributed by atoms with Crippen molar-refractivity contribution in [1.29, 1.82) is 0 Å². The first-order valence-electron chi connectivity index (χ1n) is 11.4.